The number of hydrogen-bond acceptors (Lipinski definition) is 3. The first-order valence-corrected chi connectivity index (χ1v) is 5.90. The van der Waals surface area contributed by atoms with E-state index in [9.17, 15) is 9.59 Å². The van der Waals surface area contributed by atoms with Crippen LogP contribution in [0, 0.1) is 5.92 Å². The van der Waals surface area contributed by atoms with Gasteiger partial charge >= 0.3 is 12.1 Å². The molecule has 18 heavy (non-hydrogen) atoms. The van der Waals surface area contributed by atoms with Gasteiger partial charge < -0.3 is 15.2 Å². The number of aliphatic carboxylic acids is 1. The van der Waals surface area contributed by atoms with Crippen molar-refractivity contribution in [2.24, 2.45) is 5.92 Å². The molecule has 0 aliphatic rings. The summed E-state index contributed by atoms with van der Waals surface area (Å²) >= 11 is 0. The number of alkyl carbamates (subject to hydrolysis) is 1. The molecule has 2 atom stereocenters. The van der Waals surface area contributed by atoms with Crippen LogP contribution in [0.2, 0.25) is 0 Å². The summed E-state index contributed by atoms with van der Waals surface area (Å²) in [5, 5.41) is 11.5. The quantitative estimate of drug-likeness (QED) is 0.759. The van der Waals surface area contributed by atoms with Crippen LogP contribution in [0.3, 0.4) is 0 Å². The summed E-state index contributed by atoms with van der Waals surface area (Å²) in [5.41, 5.74) is 0.354. The molecule has 0 aliphatic carbocycles. The lowest BCUT2D eigenvalue weighted by Crippen LogP contribution is -2.46. The van der Waals surface area contributed by atoms with Gasteiger partial charge in [0.05, 0.1) is 0 Å². The highest BCUT2D eigenvalue weighted by atomic mass is 16.6. The number of rotatable bonds is 4. The zero-order valence-electron chi connectivity index (χ0n) is 11.9. The van der Waals surface area contributed by atoms with Gasteiger partial charge in [0.25, 0.3) is 0 Å². The Bertz CT molecular complexity index is 337. The molecule has 0 aliphatic heterocycles. The van der Waals surface area contributed by atoms with Gasteiger partial charge in [0, 0.05) is 5.92 Å². The Hall–Kier alpha value is -1.52. The van der Waals surface area contributed by atoms with Crippen molar-refractivity contribution < 1.29 is 19.4 Å². The van der Waals surface area contributed by atoms with Gasteiger partial charge in [-0.1, -0.05) is 18.6 Å². The fourth-order valence-electron chi connectivity index (χ4n) is 1.47. The highest BCUT2D eigenvalue weighted by Gasteiger charge is 2.27. The second-order valence-corrected chi connectivity index (χ2v) is 5.57. The van der Waals surface area contributed by atoms with Crippen LogP contribution in [0.15, 0.2) is 11.6 Å². The van der Waals surface area contributed by atoms with Crippen molar-refractivity contribution in [1.29, 1.82) is 0 Å². The third-order valence-electron chi connectivity index (χ3n) is 2.06. The molecule has 0 spiro atoms. The Labute approximate surface area is 108 Å². The van der Waals surface area contributed by atoms with Crippen molar-refractivity contribution in [3.8, 4) is 0 Å². The molecule has 0 heterocycles. The Morgan fingerprint density at radius 2 is 1.78 bits per heavy atom. The molecule has 0 fully saturated rings. The van der Waals surface area contributed by atoms with Crippen molar-refractivity contribution in [3.05, 3.63) is 11.6 Å². The van der Waals surface area contributed by atoms with Gasteiger partial charge in [0.2, 0.25) is 0 Å². The maximum Gasteiger partial charge on any atom is 0.408 e. The molecule has 2 N–H and O–H groups in total. The third-order valence-corrected chi connectivity index (χ3v) is 2.06. The second kappa shape index (κ2) is 6.42. The average Bonchev–Trinajstić information content (AvgIpc) is 2.09. The van der Waals surface area contributed by atoms with Gasteiger partial charge in [0.15, 0.2) is 0 Å². The summed E-state index contributed by atoms with van der Waals surface area (Å²) in [6.45, 7) is 10.7. The molecule has 5 heteroatoms. The molecule has 0 saturated heterocycles. The lowest BCUT2D eigenvalue weighted by molar-refractivity contribution is -0.140. The lowest BCUT2D eigenvalue weighted by atomic mass is 10.00. The predicted molar refractivity (Wildman–Crippen MR) is 69.4 cm³/mol. The molecule has 0 aromatic heterocycles. The zero-order chi connectivity index (χ0) is 14.5. The van der Waals surface area contributed by atoms with Gasteiger partial charge in [-0.3, -0.25) is 0 Å². The Morgan fingerprint density at radius 3 is 2.11 bits per heavy atom. The summed E-state index contributed by atoms with van der Waals surface area (Å²) in [5.74, 6) is -1.38. The number of nitrogens with one attached hydrogen (secondary N) is 1. The summed E-state index contributed by atoms with van der Waals surface area (Å²) in [4.78, 5) is 22.7. The first-order valence-electron chi connectivity index (χ1n) is 5.90. The van der Waals surface area contributed by atoms with E-state index in [2.05, 4.69) is 5.32 Å². The van der Waals surface area contributed by atoms with Crippen molar-refractivity contribution in [2.45, 2.75) is 53.2 Å². The smallest absolute Gasteiger partial charge is 0.408 e. The van der Waals surface area contributed by atoms with Crippen LogP contribution in [0.4, 0.5) is 4.79 Å². The van der Waals surface area contributed by atoms with E-state index in [0.29, 0.717) is 0 Å². The minimum Gasteiger partial charge on any atom is -0.480 e. The average molecular weight is 257 g/mol. The molecule has 5 nitrogen and oxygen atoms in total. The van der Waals surface area contributed by atoms with E-state index in [1.165, 1.54) is 0 Å². The monoisotopic (exact) mass is 257 g/mol. The molecule has 1 amide bonds. The van der Waals surface area contributed by atoms with Gasteiger partial charge in [-0.25, -0.2) is 9.59 Å². The van der Waals surface area contributed by atoms with E-state index >= 15 is 0 Å². The fourth-order valence-corrected chi connectivity index (χ4v) is 1.47. The van der Waals surface area contributed by atoms with E-state index in [1.807, 2.05) is 13.8 Å². The number of ether oxygens (including phenoxy) is 1. The SMILES string of the molecule is CC(C)=CC(C)[C@H](NC(=O)OC(C)(C)C)C(=O)O. The van der Waals surface area contributed by atoms with Gasteiger partial charge in [0.1, 0.15) is 11.6 Å². The minimum atomic E-state index is -1.08. The largest absolute Gasteiger partial charge is 0.480 e. The number of carboxylic acids is 1. The molecule has 0 aromatic rings. The maximum absolute atomic E-state index is 11.5. The van der Waals surface area contributed by atoms with Crippen LogP contribution in [-0.4, -0.2) is 28.8 Å². The number of hydrogen-bond donors (Lipinski definition) is 2. The molecule has 104 valence electrons. The summed E-state index contributed by atoms with van der Waals surface area (Å²) in [6, 6.07) is -0.991. The summed E-state index contributed by atoms with van der Waals surface area (Å²) in [7, 11) is 0. The van der Waals surface area contributed by atoms with Crippen LogP contribution < -0.4 is 5.32 Å². The van der Waals surface area contributed by atoms with E-state index in [0.717, 1.165) is 5.57 Å². The minimum absolute atomic E-state index is 0.306. The molecule has 0 rings (SSSR count). The highest BCUT2D eigenvalue weighted by Crippen LogP contribution is 2.11. The van der Waals surface area contributed by atoms with E-state index < -0.39 is 23.7 Å². The summed E-state index contributed by atoms with van der Waals surface area (Å²) < 4.78 is 5.04. The number of carbonyl (C=O) groups is 2. The third kappa shape index (κ3) is 6.93. The molecule has 0 bridgehead atoms. The van der Waals surface area contributed by atoms with Crippen LogP contribution in [-0.2, 0) is 9.53 Å². The van der Waals surface area contributed by atoms with Crippen molar-refractivity contribution >= 4 is 12.1 Å². The Balaban J connectivity index is 4.70. The molecule has 0 radical (unpaired) electrons. The lowest BCUT2D eigenvalue weighted by Gasteiger charge is -2.23. The number of amides is 1. The van der Waals surface area contributed by atoms with Crippen molar-refractivity contribution in [1.82, 2.24) is 5.32 Å². The summed E-state index contributed by atoms with van der Waals surface area (Å²) in [6.07, 6.45) is 1.08. The van der Waals surface area contributed by atoms with E-state index in [1.54, 1.807) is 33.8 Å². The topological polar surface area (TPSA) is 75.6 Å². The van der Waals surface area contributed by atoms with Gasteiger partial charge in [-0.2, -0.15) is 0 Å². The van der Waals surface area contributed by atoms with E-state index in [4.69, 9.17) is 9.84 Å². The first-order chi connectivity index (χ1) is 8.03. The first kappa shape index (κ1) is 16.5. The fraction of sp³-hybridized carbons (Fsp3) is 0.692. The van der Waals surface area contributed by atoms with E-state index in [-0.39, 0.29) is 5.92 Å². The molecule has 1 unspecified atom stereocenters. The molecular weight excluding hydrogens is 234 g/mol. The Morgan fingerprint density at radius 1 is 1.28 bits per heavy atom. The highest BCUT2D eigenvalue weighted by molar-refractivity contribution is 5.80. The second-order valence-electron chi connectivity index (χ2n) is 5.57. The van der Waals surface area contributed by atoms with Crippen LogP contribution in [0.5, 0.6) is 0 Å². The maximum atomic E-state index is 11.5. The molecular formula is C13H23NO4. The van der Waals surface area contributed by atoms with Gasteiger partial charge in [-0.15, -0.1) is 0 Å². The van der Waals surface area contributed by atoms with Crippen molar-refractivity contribution in [3.63, 3.8) is 0 Å². The zero-order valence-corrected chi connectivity index (χ0v) is 11.9. The number of carboxylic acid groups (broad SMARTS) is 1. The standard InChI is InChI=1S/C13H23NO4/c1-8(2)7-9(3)10(11(15)16)14-12(17)18-13(4,5)6/h7,9-10H,1-6H3,(H,14,17)(H,15,16)/t9?,10-/m0/s1. The Kier molecular flexibility index (Phi) is 5.88. The van der Waals surface area contributed by atoms with Crippen LogP contribution in [0.1, 0.15) is 41.5 Å². The predicted octanol–water partition coefficient (Wildman–Crippen LogP) is 2.57. The molecule has 0 aromatic carbocycles. The van der Waals surface area contributed by atoms with Crippen molar-refractivity contribution in [2.75, 3.05) is 0 Å². The number of allylic oxidation sites excluding steroid dienone is 1. The van der Waals surface area contributed by atoms with Crippen LogP contribution in [0.25, 0.3) is 0 Å². The molecule has 0 saturated carbocycles. The van der Waals surface area contributed by atoms with Crippen LogP contribution >= 0.6 is 0 Å². The normalized spacial score (nSPS) is 14.3. The van der Waals surface area contributed by atoms with Gasteiger partial charge in [-0.05, 0) is 34.6 Å². The number of carbonyl (C=O) groups excluding carboxylic acids is 1.